The fourth-order valence-electron chi connectivity index (χ4n) is 23.1. The summed E-state index contributed by atoms with van der Waals surface area (Å²) >= 11 is 33.3. The molecule has 0 amide bonds. The lowest BCUT2D eigenvalue weighted by atomic mass is 9.96. The normalized spacial score (nSPS) is 16.9. The summed E-state index contributed by atoms with van der Waals surface area (Å²) in [5.41, 5.74) is 34.1. The first-order chi connectivity index (χ1) is 70.5. The Morgan fingerprint density at radius 1 is 0.154 bits per heavy atom. The molecule has 0 saturated carbocycles. The number of fused-ring (bicyclic) bond motifs is 59. The summed E-state index contributed by atoms with van der Waals surface area (Å²) in [5.74, 6) is 0.969. The van der Waals surface area contributed by atoms with Crippen LogP contribution in [0.5, 0.6) is 0 Å². The third-order valence-electron chi connectivity index (χ3n) is 29.0. The molecule has 3 unspecified atom stereocenters. The average Bonchev–Trinajstić information content (AvgIpc) is 0.670. The maximum Gasteiger partial charge on any atom is 0.145 e. The predicted molar refractivity (Wildman–Crippen MR) is 615 cm³/mol. The first kappa shape index (κ1) is 86.0. The molecule has 10 aliphatic rings. The minimum absolute atomic E-state index is 0.969. The lowest BCUT2D eigenvalue weighted by Gasteiger charge is -2.47. The summed E-state index contributed by atoms with van der Waals surface area (Å²) in [4.78, 5) is 35.9. The van der Waals surface area contributed by atoms with Gasteiger partial charge < -0.3 is 18.7 Å². The molecule has 18 heterocycles. The van der Waals surface area contributed by atoms with E-state index in [-0.39, 0.29) is 0 Å². The first-order valence-corrected chi connectivity index (χ1v) is 60.8. The molecule has 0 bridgehead atoms. The van der Waals surface area contributed by atoms with Crippen molar-refractivity contribution in [3.63, 3.8) is 0 Å². The molecule has 676 valence electrons. The highest BCUT2D eigenvalue weighted by Crippen LogP contribution is 2.73. The van der Waals surface area contributed by atoms with Gasteiger partial charge in [-0.05, 0) is 121 Å². The quantitative estimate of drug-likeness (QED) is 0.134. The summed E-state index contributed by atoms with van der Waals surface area (Å²) in [6, 6.07) is 131. The van der Waals surface area contributed by atoms with Gasteiger partial charge in [0.25, 0.3) is 0 Å². The van der Waals surface area contributed by atoms with Crippen LogP contribution in [0.15, 0.2) is 463 Å². The van der Waals surface area contributed by atoms with Gasteiger partial charge in [-0.25, -0.2) is 4.98 Å². The van der Waals surface area contributed by atoms with E-state index in [0.717, 1.165) is 79.0 Å². The maximum atomic E-state index is 6.76. The first-order valence-electron chi connectivity index (χ1n) is 47.1. The number of benzene rings is 14. The monoisotopic (exact) mass is 2010 g/mol. The highest BCUT2D eigenvalue weighted by atomic mass is 32.5. The number of nitrogens with zero attached hydrogens (tertiary/aromatic N) is 13. The third kappa shape index (κ3) is 12.4. The highest BCUT2D eigenvalue weighted by molar-refractivity contribution is 8.25. The Hall–Kier alpha value is -15.0. The van der Waals surface area contributed by atoms with Crippen molar-refractivity contribution in [1.29, 1.82) is 0 Å². The lowest BCUT2D eigenvalue weighted by molar-refractivity contribution is 1.24. The fraction of sp³-hybridized carbons (Fsp3) is 0. The van der Waals surface area contributed by atoms with Gasteiger partial charge in [-0.2, -0.15) is 0 Å². The smallest absolute Gasteiger partial charge is 0.145 e. The second-order valence-electron chi connectivity index (χ2n) is 36.1. The van der Waals surface area contributed by atoms with Crippen molar-refractivity contribution in [2.45, 2.75) is 0 Å². The van der Waals surface area contributed by atoms with Crippen molar-refractivity contribution in [1.82, 2.24) is 39.9 Å². The van der Waals surface area contributed by atoms with Gasteiger partial charge in [0.05, 0.1) is 94.5 Å². The van der Waals surface area contributed by atoms with Crippen LogP contribution in [0.25, 0.3) is 133 Å². The topological polar surface area (TPSA) is 119 Å². The van der Waals surface area contributed by atoms with E-state index in [9.17, 15) is 0 Å². The van der Waals surface area contributed by atoms with Crippen LogP contribution in [0.4, 0.5) is 57.0 Å². The molecule has 22 aromatic rings. The molecular weight excluding hydrogens is 1940 g/mol. The van der Waals surface area contributed by atoms with Gasteiger partial charge in [0.15, 0.2) is 0 Å². The number of pyridine rings is 8. The van der Waals surface area contributed by atoms with Gasteiger partial charge in [0, 0.05) is 200 Å². The molecule has 23 heteroatoms. The SMILES string of the molecule is S=P12c3ccccc3-c3cccnc3N1c1c(ccc3ccccc13)-c1ccccc12.S=P12c3ccccc3-c3ccncc3N1c1c(ccc3ccccc13)-c1ccccc12.S=P12c3ccccc3-c3cnccc3N1c1ccncc1-c1ccccc12.S=P12c3ccccc3-c3cnccc3N1c1ccncc1-c1ccccc12.S=P12c3ccccc3-c3cnccc3N1c1cnccc1-c1ccccc12. The number of rotatable bonds is 0. The van der Waals surface area contributed by atoms with E-state index in [1.807, 2.05) is 99.0 Å². The fourth-order valence-corrected chi connectivity index (χ4v) is 46.7. The zero-order valence-electron chi connectivity index (χ0n) is 76.0. The molecule has 32 rings (SSSR count). The zero-order chi connectivity index (χ0) is 95.2. The minimum Gasteiger partial charge on any atom is -0.304 e. The van der Waals surface area contributed by atoms with Crippen LogP contribution in [0.3, 0.4) is 0 Å². The van der Waals surface area contributed by atoms with Crippen LogP contribution in [-0.2, 0) is 59.0 Å². The molecule has 0 saturated heterocycles. The van der Waals surface area contributed by atoms with Gasteiger partial charge >= 0.3 is 0 Å². The zero-order valence-corrected chi connectivity index (χ0v) is 84.5. The molecule has 143 heavy (non-hydrogen) atoms. The second kappa shape index (κ2) is 33.3. The third-order valence-corrected chi connectivity index (χ3v) is 52.7. The summed E-state index contributed by atoms with van der Waals surface area (Å²) in [7, 11) is 0. The molecule has 0 fully saturated rings. The van der Waals surface area contributed by atoms with Crippen LogP contribution < -0.4 is 76.4 Å². The molecule has 0 radical (unpaired) electrons. The molecule has 13 nitrogen and oxygen atoms in total. The Bertz CT molecular complexity index is 8530. The average molecular weight is 2020 g/mol. The Morgan fingerprint density at radius 2 is 0.378 bits per heavy atom. The molecule has 14 aromatic carbocycles. The molecule has 0 aliphatic carbocycles. The molecule has 10 aliphatic heterocycles. The van der Waals surface area contributed by atoms with E-state index in [2.05, 4.69) is 422 Å². The number of anilines is 10. The van der Waals surface area contributed by atoms with Crippen LogP contribution in [0.1, 0.15) is 0 Å². The molecule has 8 aromatic heterocycles. The van der Waals surface area contributed by atoms with E-state index in [4.69, 9.17) is 64.0 Å². The van der Waals surface area contributed by atoms with Gasteiger partial charge in [0.1, 0.15) is 5.82 Å². The van der Waals surface area contributed by atoms with E-state index in [0.29, 0.717) is 0 Å². The van der Waals surface area contributed by atoms with Crippen LogP contribution in [0.2, 0.25) is 0 Å². The summed E-state index contributed by atoms with van der Waals surface area (Å²) in [6.45, 7) is 0. The van der Waals surface area contributed by atoms with Crippen molar-refractivity contribution < 1.29 is 0 Å². The van der Waals surface area contributed by atoms with Crippen molar-refractivity contribution in [2.24, 2.45) is 0 Å². The maximum absolute atomic E-state index is 6.76. The molecule has 3 atom stereocenters. The van der Waals surface area contributed by atoms with Crippen molar-refractivity contribution in [2.75, 3.05) is 23.4 Å². The summed E-state index contributed by atoms with van der Waals surface area (Å²) < 4.78 is 12.0. The van der Waals surface area contributed by atoms with Gasteiger partial charge in [0.2, 0.25) is 0 Å². The lowest BCUT2D eigenvalue weighted by Crippen LogP contribution is -2.37. The molecule has 0 spiro atoms. The Kier molecular flexibility index (Phi) is 20.0. The van der Waals surface area contributed by atoms with Gasteiger partial charge in [-0.3, -0.25) is 39.6 Å². The second-order valence-corrected chi connectivity index (χ2v) is 56.6. The van der Waals surface area contributed by atoms with E-state index in [1.165, 1.54) is 164 Å². The van der Waals surface area contributed by atoms with Crippen LogP contribution in [0, 0.1) is 0 Å². The minimum atomic E-state index is -2.36. The van der Waals surface area contributed by atoms with E-state index >= 15 is 0 Å². The highest BCUT2D eigenvalue weighted by Gasteiger charge is 2.51. The van der Waals surface area contributed by atoms with Crippen LogP contribution >= 0.6 is 30.9 Å². The van der Waals surface area contributed by atoms with E-state index < -0.39 is 30.9 Å². The summed E-state index contributed by atoms with van der Waals surface area (Å²) in [6.07, 6.45) is 17.1. The Balaban J connectivity index is 0.0000000872. The van der Waals surface area contributed by atoms with Crippen molar-refractivity contribution >= 4 is 222 Å². The van der Waals surface area contributed by atoms with Crippen LogP contribution in [-0.4, -0.2) is 39.9 Å². The van der Waals surface area contributed by atoms with Crippen molar-refractivity contribution in [3.05, 3.63) is 463 Å². The summed E-state index contributed by atoms with van der Waals surface area (Å²) in [5, 5.41) is 17.3. The van der Waals surface area contributed by atoms with Crippen molar-refractivity contribution in [3.8, 4) is 111 Å². The standard InChI is InChI=1S/2C27H17N2PS.3C22H14N3PS/c31-30-24-13-5-3-10-20(24)22-16-15-18-8-1-2-9-19(18)26(22)29(30)27-23(12-7-17-28-27)21-11-4-6-14-25(21)30;31-30-25-11-5-3-9-21(25)20-15-16-28-17-24(20)29(30)27-19-8-2-1-7-18(19)13-14-23(27)22-10-4-6-12-26(22)30;27-26-21-7-3-1-5-16(21)15-9-11-24-14-20(15)25(26)19-10-12-23-13-18(19)17-6-2-4-8-22(17)26;2*27-26-21-7-3-1-5-15(21)17-13-23-11-9-19(17)25(26)20-10-12-24-14-18(20)16-6-2-4-8-22(16)26/h2*1-17H;3*1-14H. The number of aromatic nitrogens is 8. The van der Waals surface area contributed by atoms with Gasteiger partial charge in [-0.15, -0.1) is 0 Å². The Morgan fingerprint density at radius 3 is 0.699 bits per heavy atom. The predicted octanol–water partition coefficient (Wildman–Crippen LogP) is 26.6. The van der Waals surface area contributed by atoms with E-state index in [1.54, 1.807) is 0 Å². The largest absolute Gasteiger partial charge is 0.304 e. The molecular formula is C120H76N13P5S5. The van der Waals surface area contributed by atoms with Gasteiger partial charge in [-0.1, -0.05) is 374 Å². The Labute approximate surface area is 851 Å². The number of hydrogen-bond acceptors (Lipinski definition) is 13. The molecule has 0 N–H and O–H groups in total. The number of hydrogen-bond donors (Lipinski definition) is 0.